The number of rotatable bonds is 6. The molecule has 2 aromatic rings. The lowest BCUT2D eigenvalue weighted by atomic mass is 10.0. The minimum atomic E-state index is -3.31. The lowest BCUT2D eigenvalue weighted by Gasteiger charge is -2.31. The SMILES string of the molecule is CCS(=O)(=O)N1CCCc2cc(NC(=O)C(C)(C)Oc3ccc(Cl)cc3)ccc21. The first kappa shape index (κ1) is 21.5. The van der Waals surface area contributed by atoms with Crippen LogP contribution in [-0.2, 0) is 21.2 Å². The van der Waals surface area contributed by atoms with Crippen LogP contribution in [-0.4, -0.2) is 32.2 Å². The minimum Gasteiger partial charge on any atom is -0.478 e. The molecule has 0 radical (unpaired) electrons. The number of halogens is 1. The van der Waals surface area contributed by atoms with Crippen molar-refractivity contribution >= 4 is 38.9 Å². The van der Waals surface area contributed by atoms with Crippen LogP contribution in [0.2, 0.25) is 5.02 Å². The minimum absolute atomic E-state index is 0.0567. The fraction of sp³-hybridized carbons (Fsp3) is 0.381. The molecule has 2 aromatic carbocycles. The zero-order valence-corrected chi connectivity index (χ0v) is 18.3. The van der Waals surface area contributed by atoms with Crippen LogP contribution in [0.25, 0.3) is 0 Å². The molecular formula is C21H25ClN2O4S. The maximum atomic E-state index is 12.8. The largest absolute Gasteiger partial charge is 0.478 e. The third-order valence-corrected chi connectivity index (χ3v) is 6.88. The van der Waals surface area contributed by atoms with E-state index in [1.807, 2.05) is 6.07 Å². The van der Waals surface area contributed by atoms with Gasteiger partial charge in [0.15, 0.2) is 5.60 Å². The monoisotopic (exact) mass is 436 g/mol. The Morgan fingerprint density at radius 3 is 2.55 bits per heavy atom. The van der Waals surface area contributed by atoms with E-state index in [-0.39, 0.29) is 11.7 Å². The molecule has 1 N–H and O–H groups in total. The van der Waals surface area contributed by atoms with Crippen LogP contribution in [0.3, 0.4) is 0 Å². The van der Waals surface area contributed by atoms with E-state index in [4.69, 9.17) is 16.3 Å². The second-order valence-corrected chi connectivity index (χ2v) is 10.1. The Labute approximate surface area is 176 Å². The number of nitrogens with one attached hydrogen (secondary N) is 1. The van der Waals surface area contributed by atoms with Crippen LogP contribution in [0.4, 0.5) is 11.4 Å². The van der Waals surface area contributed by atoms with E-state index in [1.54, 1.807) is 57.2 Å². The molecule has 8 heteroatoms. The highest BCUT2D eigenvalue weighted by Crippen LogP contribution is 2.32. The quantitative estimate of drug-likeness (QED) is 0.734. The predicted molar refractivity (Wildman–Crippen MR) is 116 cm³/mol. The van der Waals surface area contributed by atoms with E-state index in [2.05, 4.69) is 5.32 Å². The standard InChI is InChI=1S/C21H25ClN2O4S/c1-4-29(26,27)24-13-5-6-15-14-17(9-12-19(15)24)23-20(25)21(2,3)28-18-10-7-16(22)8-11-18/h7-12,14H,4-6,13H2,1-3H3,(H,23,25). The lowest BCUT2D eigenvalue weighted by molar-refractivity contribution is -0.128. The molecular weight excluding hydrogens is 412 g/mol. The summed E-state index contributed by atoms with van der Waals surface area (Å²) < 4.78 is 32.0. The first-order chi connectivity index (χ1) is 13.6. The highest BCUT2D eigenvalue weighted by Gasteiger charge is 2.31. The third-order valence-electron chi connectivity index (χ3n) is 4.85. The first-order valence-corrected chi connectivity index (χ1v) is 11.5. The molecule has 1 amide bonds. The highest BCUT2D eigenvalue weighted by atomic mass is 35.5. The molecule has 1 aliphatic rings. The summed E-state index contributed by atoms with van der Waals surface area (Å²) in [5, 5.41) is 3.46. The molecule has 0 atom stereocenters. The van der Waals surface area contributed by atoms with Crippen molar-refractivity contribution in [2.45, 2.75) is 39.2 Å². The van der Waals surface area contributed by atoms with Gasteiger partial charge in [-0.15, -0.1) is 0 Å². The Balaban J connectivity index is 1.76. The van der Waals surface area contributed by atoms with Gasteiger partial charge < -0.3 is 10.1 Å². The number of carbonyl (C=O) groups is 1. The molecule has 0 unspecified atom stereocenters. The number of hydrogen-bond acceptors (Lipinski definition) is 4. The van der Waals surface area contributed by atoms with Gasteiger partial charge in [0.25, 0.3) is 5.91 Å². The van der Waals surface area contributed by atoms with Crippen LogP contribution >= 0.6 is 11.6 Å². The number of aryl methyl sites for hydroxylation is 1. The molecule has 0 aromatic heterocycles. The number of hydrogen-bond donors (Lipinski definition) is 1. The maximum absolute atomic E-state index is 12.8. The van der Waals surface area contributed by atoms with Crippen LogP contribution in [0, 0.1) is 0 Å². The van der Waals surface area contributed by atoms with Crippen molar-refractivity contribution in [3.8, 4) is 5.75 Å². The van der Waals surface area contributed by atoms with Gasteiger partial charge in [0.05, 0.1) is 11.4 Å². The van der Waals surface area contributed by atoms with E-state index in [0.29, 0.717) is 28.7 Å². The number of fused-ring (bicyclic) bond motifs is 1. The van der Waals surface area contributed by atoms with Gasteiger partial charge in [-0.05, 0) is 81.6 Å². The Morgan fingerprint density at radius 1 is 1.21 bits per heavy atom. The van der Waals surface area contributed by atoms with Crippen molar-refractivity contribution in [3.05, 3.63) is 53.1 Å². The zero-order chi connectivity index (χ0) is 21.2. The van der Waals surface area contributed by atoms with Gasteiger partial charge in [-0.3, -0.25) is 9.10 Å². The fourth-order valence-electron chi connectivity index (χ4n) is 3.21. The lowest BCUT2D eigenvalue weighted by Crippen LogP contribution is -2.42. The van der Waals surface area contributed by atoms with E-state index in [1.165, 1.54) is 4.31 Å². The number of carbonyl (C=O) groups excluding carboxylic acids is 1. The van der Waals surface area contributed by atoms with Crippen LogP contribution in [0.5, 0.6) is 5.75 Å². The number of amides is 1. The van der Waals surface area contributed by atoms with Crippen molar-refractivity contribution in [3.63, 3.8) is 0 Å². The predicted octanol–water partition coefficient (Wildman–Crippen LogP) is 4.24. The Hall–Kier alpha value is -2.25. The number of nitrogens with zero attached hydrogens (tertiary/aromatic N) is 1. The molecule has 0 fully saturated rings. The van der Waals surface area contributed by atoms with Gasteiger partial charge in [-0.2, -0.15) is 0 Å². The molecule has 0 aliphatic carbocycles. The highest BCUT2D eigenvalue weighted by molar-refractivity contribution is 7.92. The second kappa shape index (κ2) is 8.24. The van der Waals surface area contributed by atoms with Crippen molar-refractivity contribution in [1.29, 1.82) is 0 Å². The zero-order valence-electron chi connectivity index (χ0n) is 16.7. The summed E-state index contributed by atoms with van der Waals surface area (Å²) in [4.78, 5) is 12.8. The van der Waals surface area contributed by atoms with Crippen LogP contribution in [0.15, 0.2) is 42.5 Å². The number of sulfonamides is 1. The van der Waals surface area contributed by atoms with Gasteiger partial charge in [-0.25, -0.2) is 8.42 Å². The van der Waals surface area contributed by atoms with Gasteiger partial charge in [0.1, 0.15) is 5.75 Å². The summed E-state index contributed by atoms with van der Waals surface area (Å²) in [7, 11) is -3.31. The van der Waals surface area contributed by atoms with Gasteiger partial charge in [0.2, 0.25) is 10.0 Å². The molecule has 0 saturated carbocycles. The van der Waals surface area contributed by atoms with E-state index in [9.17, 15) is 13.2 Å². The number of anilines is 2. The molecule has 156 valence electrons. The van der Waals surface area contributed by atoms with Crippen molar-refractivity contribution < 1.29 is 17.9 Å². The Bertz CT molecular complexity index is 1000. The van der Waals surface area contributed by atoms with Crippen LogP contribution < -0.4 is 14.4 Å². The van der Waals surface area contributed by atoms with Crippen molar-refractivity contribution in [2.75, 3.05) is 21.9 Å². The molecule has 6 nitrogen and oxygen atoms in total. The van der Waals surface area contributed by atoms with Crippen molar-refractivity contribution in [2.24, 2.45) is 0 Å². The van der Waals surface area contributed by atoms with E-state index >= 15 is 0 Å². The van der Waals surface area contributed by atoms with E-state index < -0.39 is 15.6 Å². The average Bonchev–Trinajstić information content (AvgIpc) is 2.69. The summed E-state index contributed by atoms with van der Waals surface area (Å²) in [5.41, 5.74) is 1.09. The van der Waals surface area contributed by atoms with Crippen LogP contribution in [0.1, 0.15) is 32.8 Å². The second-order valence-electron chi connectivity index (χ2n) is 7.44. The summed E-state index contributed by atoms with van der Waals surface area (Å²) >= 11 is 5.88. The molecule has 0 bridgehead atoms. The maximum Gasteiger partial charge on any atom is 0.267 e. The topological polar surface area (TPSA) is 75.7 Å². The molecule has 1 heterocycles. The Morgan fingerprint density at radius 2 is 1.90 bits per heavy atom. The molecule has 1 aliphatic heterocycles. The van der Waals surface area contributed by atoms with Gasteiger partial charge in [-0.1, -0.05) is 11.6 Å². The summed E-state index contributed by atoms with van der Waals surface area (Å²) in [5.74, 6) is 0.294. The van der Waals surface area contributed by atoms with Gasteiger partial charge >= 0.3 is 0 Å². The smallest absolute Gasteiger partial charge is 0.267 e. The molecule has 29 heavy (non-hydrogen) atoms. The Kier molecular flexibility index (Phi) is 6.10. The fourth-order valence-corrected chi connectivity index (χ4v) is 4.53. The summed E-state index contributed by atoms with van der Waals surface area (Å²) in [6.45, 7) is 5.49. The number of benzene rings is 2. The number of ether oxygens (including phenoxy) is 1. The molecule has 0 spiro atoms. The molecule has 3 rings (SSSR count). The third kappa shape index (κ3) is 4.85. The first-order valence-electron chi connectivity index (χ1n) is 9.52. The summed E-state index contributed by atoms with van der Waals surface area (Å²) in [6.07, 6.45) is 1.51. The van der Waals surface area contributed by atoms with E-state index in [0.717, 1.165) is 18.4 Å². The van der Waals surface area contributed by atoms with Gasteiger partial charge in [0, 0.05) is 17.3 Å². The van der Waals surface area contributed by atoms with Crippen molar-refractivity contribution in [1.82, 2.24) is 0 Å². The normalized spacial score (nSPS) is 14.3. The molecule has 0 saturated heterocycles. The average molecular weight is 437 g/mol. The summed E-state index contributed by atoms with van der Waals surface area (Å²) in [6, 6.07) is 12.1.